The van der Waals surface area contributed by atoms with Gasteiger partial charge < -0.3 is 25.4 Å². The number of carbonyl (C=O) groups excluding carboxylic acids is 2. The van der Waals surface area contributed by atoms with Gasteiger partial charge >= 0.3 is 12.2 Å². The molecule has 42 heavy (non-hydrogen) atoms. The summed E-state index contributed by atoms with van der Waals surface area (Å²) in [5.41, 5.74) is 1.03. The molecule has 3 N–H and O–H groups in total. The van der Waals surface area contributed by atoms with Gasteiger partial charge in [-0.25, -0.2) is 4.79 Å². The summed E-state index contributed by atoms with van der Waals surface area (Å²) in [5, 5.41) is 15.0. The number of nitrogens with one attached hydrogen (secondary N) is 2. The molecule has 3 atom stereocenters. The maximum Gasteiger partial charge on any atom is 0.416 e. The lowest BCUT2D eigenvalue weighted by Crippen LogP contribution is -2.49. The molecule has 0 saturated carbocycles. The zero-order valence-corrected chi connectivity index (χ0v) is 23.7. The van der Waals surface area contributed by atoms with Crippen LogP contribution in [0.2, 0.25) is 0 Å². The first-order valence-corrected chi connectivity index (χ1v) is 13.6. The summed E-state index contributed by atoms with van der Waals surface area (Å²) >= 11 is 0. The van der Waals surface area contributed by atoms with Gasteiger partial charge in [0.1, 0.15) is 11.9 Å². The number of urea groups is 1. The number of alkyl halides is 3. The van der Waals surface area contributed by atoms with Crippen molar-refractivity contribution in [3.8, 4) is 5.75 Å². The van der Waals surface area contributed by atoms with E-state index in [0.717, 1.165) is 29.8 Å². The van der Waals surface area contributed by atoms with Gasteiger partial charge in [-0.3, -0.25) is 9.69 Å². The van der Waals surface area contributed by atoms with Crippen LogP contribution in [-0.4, -0.2) is 65.7 Å². The van der Waals surface area contributed by atoms with Gasteiger partial charge in [-0.05, 0) is 62.0 Å². The molecule has 11 heteroatoms. The second-order valence-electron chi connectivity index (χ2n) is 10.7. The third-order valence-electron chi connectivity index (χ3n) is 7.18. The number of fused-ring (bicyclic) bond motifs is 1. The molecule has 0 unspecified atom stereocenters. The van der Waals surface area contributed by atoms with Crippen molar-refractivity contribution in [2.75, 3.05) is 37.4 Å². The molecule has 3 aromatic carbocycles. The van der Waals surface area contributed by atoms with E-state index in [4.69, 9.17) is 4.74 Å². The number of nitrogens with zero attached hydrogens (tertiary/aromatic N) is 2. The van der Waals surface area contributed by atoms with Gasteiger partial charge in [0.15, 0.2) is 0 Å². The second-order valence-corrected chi connectivity index (χ2v) is 10.7. The third-order valence-corrected chi connectivity index (χ3v) is 7.18. The van der Waals surface area contributed by atoms with Crippen LogP contribution in [0.25, 0.3) is 0 Å². The highest BCUT2D eigenvalue weighted by Crippen LogP contribution is 2.32. The zero-order valence-electron chi connectivity index (χ0n) is 23.7. The highest BCUT2D eigenvalue weighted by Gasteiger charge is 2.34. The standard InChI is InChI=1S/C31H35F3N4O4/c1-20-16-38(21(2)19-39)29(40)26-15-25(36-30(41)35-24-11-9-23(10-12-24)31(32,33)34)13-14-27(26)42-28(20)18-37(3)17-22-7-5-4-6-8-22/h4-15,20-21,28,39H,16-19H2,1-3H3,(H2,35,36,41)/t20-,21-,28-/m0/s1. The number of aliphatic hydroxyl groups excluding tert-OH is 1. The summed E-state index contributed by atoms with van der Waals surface area (Å²) in [6, 6.07) is 17.7. The molecule has 1 heterocycles. The first-order valence-electron chi connectivity index (χ1n) is 13.6. The lowest BCUT2D eigenvalue weighted by molar-refractivity contribution is -0.137. The van der Waals surface area contributed by atoms with Crippen LogP contribution >= 0.6 is 0 Å². The average Bonchev–Trinajstić information content (AvgIpc) is 2.95. The molecule has 3 aromatic rings. The highest BCUT2D eigenvalue weighted by atomic mass is 19.4. The molecule has 0 aromatic heterocycles. The number of aliphatic hydroxyl groups is 1. The normalized spacial score (nSPS) is 18.0. The van der Waals surface area contributed by atoms with Gasteiger partial charge in [0.05, 0.1) is 23.8 Å². The van der Waals surface area contributed by atoms with Crippen LogP contribution in [-0.2, 0) is 12.7 Å². The van der Waals surface area contributed by atoms with E-state index in [1.165, 1.54) is 6.07 Å². The van der Waals surface area contributed by atoms with E-state index in [-0.39, 0.29) is 41.5 Å². The largest absolute Gasteiger partial charge is 0.488 e. The summed E-state index contributed by atoms with van der Waals surface area (Å²) in [6.45, 7) is 5.21. The number of likely N-dealkylation sites (N-methyl/N-ethyl adjacent to an activating group) is 1. The Bertz CT molecular complexity index is 1370. The minimum atomic E-state index is -4.48. The van der Waals surface area contributed by atoms with E-state index in [1.54, 1.807) is 24.0 Å². The van der Waals surface area contributed by atoms with Crippen molar-refractivity contribution < 1.29 is 32.6 Å². The Morgan fingerprint density at radius 2 is 1.71 bits per heavy atom. The maximum atomic E-state index is 13.7. The van der Waals surface area contributed by atoms with E-state index in [2.05, 4.69) is 27.7 Å². The molecule has 224 valence electrons. The molecular formula is C31H35F3N4O4. The number of halogens is 3. The lowest BCUT2D eigenvalue weighted by Gasteiger charge is -2.38. The van der Waals surface area contributed by atoms with Gasteiger partial charge in [-0.15, -0.1) is 0 Å². The minimum Gasteiger partial charge on any atom is -0.488 e. The number of ether oxygens (including phenoxy) is 1. The Morgan fingerprint density at radius 1 is 1.07 bits per heavy atom. The van der Waals surface area contributed by atoms with Crippen molar-refractivity contribution >= 4 is 23.3 Å². The van der Waals surface area contributed by atoms with Crippen LogP contribution in [0.5, 0.6) is 5.75 Å². The fourth-order valence-electron chi connectivity index (χ4n) is 4.82. The van der Waals surface area contributed by atoms with Crippen LogP contribution < -0.4 is 15.4 Å². The predicted octanol–water partition coefficient (Wildman–Crippen LogP) is 5.70. The topological polar surface area (TPSA) is 94.1 Å². The van der Waals surface area contributed by atoms with Gasteiger partial charge in [0, 0.05) is 36.9 Å². The van der Waals surface area contributed by atoms with Crippen LogP contribution in [0.3, 0.4) is 0 Å². The van der Waals surface area contributed by atoms with Crippen molar-refractivity contribution in [2.45, 2.75) is 38.7 Å². The van der Waals surface area contributed by atoms with Gasteiger partial charge in [-0.2, -0.15) is 13.2 Å². The van der Waals surface area contributed by atoms with Gasteiger partial charge in [0.25, 0.3) is 5.91 Å². The summed E-state index contributed by atoms with van der Waals surface area (Å²) in [6.07, 6.45) is -4.76. The van der Waals surface area contributed by atoms with Gasteiger partial charge in [-0.1, -0.05) is 37.3 Å². The number of benzene rings is 3. The molecule has 4 rings (SSSR count). The Balaban J connectivity index is 1.53. The molecule has 3 amide bonds. The minimum absolute atomic E-state index is 0.0540. The Morgan fingerprint density at radius 3 is 2.36 bits per heavy atom. The smallest absolute Gasteiger partial charge is 0.416 e. The first kappa shape index (κ1) is 30.9. The van der Waals surface area contributed by atoms with Crippen LogP contribution in [0, 0.1) is 5.92 Å². The molecule has 1 aliphatic heterocycles. The molecule has 1 aliphatic rings. The fraction of sp³-hybridized carbons (Fsp3) is 0.355. The molecule has 0 spiro atoms. The monoisotopic (exact) mass is 584 g/mol. The van der Waals surface area contributed by atoms with Crippen LogP contribution in [0.15, 0.2) is 72.8 Å². The number of amides is 3. The summed E-state index contributed by atoms with van der Waals surface area (Å²) < 4.78 is 44.9. The highest BCUT2D eigenvalue weighted by molar-refractivity contribution is 6.02. The van der Waals surface area contributed by atoms with Crippen molar-refractivity contribution in [3.05, 3.63) is 89.5 Å². The van der Waals surface area contributed by atoms with E-state index in [9.17, 15) is 27.9 Å². The number of anilines is 2. The molecule has 0 bridgehead atoms. The zero-order chi connectivity index (χ0) is 30.4. The third kappa shape index (κ3) is 7.80. The quantitative estimate of drug-likeness (QED) is 0.316. The van der Waals surface area contributed by atoms with Crippen molar-refractivity contribution in [1.82, 2.24) is 9.80 Å². The summed E-state index contributed by atoms with van der Waals surface area (Å²) in [4.78, 5) is 30.0. The molecule has 0 fully saturated rings. The molecule has 0 saturated heterocycles. The van der Waals surface area contributed by atoms with Gasteiger partial charge in [0.2, 0.25) is 0 Å². The lowest BCUT2D eigenvalue weighted by atomic mass is 9.99. The number of rotatable bonds is 8. The van der Waals surface area contributed by atoms with Crippen LogP contribution in [0.1, 0.15) is 35.3 Å². The molecule has 0 aliphatic carbocycles. The van der Waals surface area contributed by atoms with Crippen molar-refractivity contribution in [3.63, 3.8) is 0 Å². The molecule has 8 nitrogen and oxygen atoms in total. The van der Waals surface area contributed by atoms with Crippen LogP contribution in [0.4, 0.5) is 29.3 Å². The van der Waals surface area contributed by atoms with E-state index < -0.39 is 23.8 Å². The number of hydrogen-bond donors (Lipinski definition) is 3. The van der Waals surface area contributed by atoms with E-state index in [0.29, 0.717) is 25.4 Å². The summed E-state index contributed by atoms with van der Waals surface area (Å²) in [5.74, 6) is -0.0450. The SMILES string of the molecule is C[C@H]1CN([C@@H](C)CO)C(=O)c2cc(NC(=O)Nc3ccc(C(F)(F)F)cc3)ccc2O[C@H]1CN(C)Cc1ccccc1. The van der Waals surface area contributed by atoms with Crippen molar-refractivity contribution in [2.24, 2.45) is 5.92 Å². The maximum absolute atomic E-state index is 13.7. The summed E-state index contributed by atoms with van der Waals surface area (Å²) in [7, 11) is 2.00. The first-order chi connectivity index (χ1) is 19.9. The van der Waals surface area contributed by atoms with Crippen molar-refractivity contribution in [1.29, 1.82) is 0 Å². The Kier molecular flexibility index (Phi) is 9.74. The Labute approximate surface area is 243 Å². The number of carbonyl (C=O) groups is 2. The average molecular weight is 585 g/mol. The molecule has 0 radical (unpaired) electrons. The predicted molar refractivity (Wildman–Crippen MR) is 154 cm³/mol. The van der Waals surface area contributed by atoms with E-state index in [1.807, 2.05) is 32.2 Å². The fourth-order valence-corrected chi connectivity index (χ4v) is 4.82. The van der Waals surface area contributed by atoms with E-state index >= 15 is 0 Å². The number of hydrogen-bond acceptors (Lipinski definition) is 5. The Hall–Kier alpha value is -4.09. The molecular weight excluding hydrogens is 549 g/mol. The second kappa shape index (κ2) is 13.3.